The maximum absolute atomic E-state index is 11.1. The molecule has 0 amide bonds. The van der Waals surface area contributed by atoms with E-state index in [1.54, 1.807) is 0 Å². The highest BCUT2D eigenvalue weighted by molar-refractivity contribution is 5.58. The topological polar surface area (TPSA) is 20.3 Å². The Morgan fingerprint density at radius 1 is 1.31 bits per heavy atom. The van der Waals surface area contributed by atoms with Crippen LogP contribution in [-0.2, 0) is 11.3 Å². The summed E-state index contributed by atoms with van der Waals surface area (Å²) in [5.41, 5.74) is 1.25. The molecule has 2 atom stereocenters. The minimum Gasteiger partial charge on any atom is -0.302 e. The molecule has 0 saturated heterocycles. The van der Waals surface area contributed by atoms with Crippen LogP contribution in [-0.4, -0.2) is 24.3 Å². The average Bonchev–Trinajstić information content (AvgIpc) is 2.31. The Bertz CT molecular complexity index is 310. The van der Waals surface area contributed by atoms with Gasteiger partial charge in [0.25, 0.3) is 0 Å². The van der Waals surface area contributed by atoms with E-state index >= 15 is 0 Å². The van der Waals surface area contributed by atoms with E-state index in [0.717, 1.165) is 19.3 Å². The van der Waals surface area contributed by atoms with Crippen LogP contribution in [0, 0.1) is 5.92 Å². The van der Waals surface area contributed by atoms with Crippen LogP contribution in [0.5, 0.6) is 0 Å². The molecule has 0 radical (unpaired) electrons. The van der Waals surface area contributed by atoms with Crippen molar-refractivity contribution >= 4 is 6.29 Å². The second-order valence-corrected chi connectivity index (χ2v) is 4.41. The fourth-order valence-electron chi connectivity index (χ4n) is 1.89. The van der Waals surface area contributed by atoms with Crippen molar-refractivity contribution in [1.29, 1.82) is 0 Å². The molecular formula is C14H21NO. The van der Waals surface area contributed by atoms with Gasteiger partial charge in [-0.15, -0.1) is 0 Å². The Balaban J connectivity index is 2.63. The molecule has 0 heterocycles. The van der Waals surface area contributed by atoms with Crippen molar-refractivity contribution in [3.05, 3.63) is 35.9 Å². The maximum atomic E-state index is 11.1. The van der Waals surface area contributed by atoms with Gasteiger partial charge in [-0.05, 0) is 18.5 Å². The lowest BCUT2D eigenvalue weighted by Crippen LogP contribution is -2.37. The predicted molar refractivity (Wildman–Crippen MR) is 67.2 cm³/mol. The van der Waals surface area contributed by atoms with Gasteiger partial charge in [0.2, 0.25) is 0 Å². The Labute approximate surface area is 98.3 Å². The van der Waals surface area contributed by atoms with Crippen molar-refractivity contribution < 1.29 is 4.79 Å². The van der Waals surface area contributed by atoms with Crippen molar-refractivity contribution in [3.63, 3.8) is 0 Å². The quantitative estimate of drug-likeness (QED) is 0.686. The molecule has 0 N–H and O–H groups in total. The number of carbonyl (C=O) groups excluding carboxylic acids is 1. The summed E-state index contributed by atoms with van der Waals surface area (Å²) in [7, 11) is 2.01. The minimum absolute atomic E-state index is 0.0187. The summed E-state index contributed by atoms with van der Waals surface area (Å²) in [6.07, 6.45) is 2.10. The van der Waals surface area contributed by atoms with Crippen LogP contribution in [0.25, 0.3) is 0 Å². The molecule has 0 fully saturated rings. The number of likely N-dealkylation sites (N-methyl/N-ethyl adjacent to an activating group) is 1. The van der Waals surface area contributed by atoms with E-state index in [2.05, 4.69) is 30.9 Å². The highest BCUT2D eigenvalue weighted by Crippen LogP contribution is 2.14. The molecule has 0 bridgehead atoms. The molecule has 1 aromatic carbocycles. The lowest BCUT2D eigenvalue weighted by molar-refractivity contribution is -0.113. The number of carbonyl (C=O) groups is 1. The van der Waals surface area contributed by atoms with Crippen LogP contribution in [0.3, 0.4) is 0 Å². The summed E-state index contributed by atoms with van der Waals surface area (Å²) in [6.45, 7) is 5.08. The second kappa shape index (κ2) is 6.44. The largest absolute Gasteiger partial charge is 0.302 e. The Kier molecular flexibility index (Phi) is 5.20. The third-order valence-electron chi connectivity index (χ3n) is 3.15. The molecular weight excluding hydrogens is 198 g/mol. The fraction of sp³-hybridized carbons (Fsp3) is 0.500. The van der Waals surface area contributed by atoms with E-state index in [4.69, 9.17) is 0 Å². The third-order valence-corrected chi connectivity index (χ3v) is 3.15. The zero-order valence-corrected chi connectivity index (χ0v) is 10.4. The Hall–Kier alpha value is -1.15. The van der Waals surface area contributed by atoms with Gasteiger partial charge in [-0.25, -0.2) is 0 Å². The van der Waals surface area contributed by atoms with Crippen LogP contribution < -0.4 is 0 Å². The predicted octanol–water partition coefficient (Wildman–Crippen LogP) is 2.73. The smallest absolute Gasteiger partial charge is 0.137 e. The van der Waals surface area contributed by atoms with E-state index in [1.807, 2.05) is 25.2 Å². The van der Waals surface area contributed by atoms with Gasteiger partial charge in [0.1, 0.15) is 6.29 Å². The van der Waals surface area contributed by atoms with Crippen molar-refractivity contribution in [2.75, 3.05) is 7.05 Å². The molecule has 1 rings (SSSR count). The van der Waals surface area contributed by atoms with Gasteiger partial charge >= 0.3 is 0 Å². The molecule has 0 aliphatic rings. The lowest BCUT2D eigenvalue weighted by Gasteiger charge is -2.28. The molecule has 1 aromatic rings. The first-order chi connectivity index (χ1) is 7.69. The van der Waals surface area contributed by atoms with Gasteiger partial charge in [-0.3, -0.25) is 4.90 Å². The van der Waals surface area contributed by atoms with Crippen molar-refractivity contribution in [3.8, 4) is 0 Å². The standard InChI is InChI=1S/C14H21NO/c1-4-12(2)14(11-16)15(3)10-13-8-6-5-7-9-13/h5-9,11-12,14H,4,10H2,1-3H3/t12-,14+/m0/s1. The molecule has 0 spiro atoms. The SMILES string of the molecule is CC[C@H](C)[C@@H](C=O)N(C)Cc1ccccc1. The molecule has 0 unspecified atom stereocenters. The molecule has 16 heavy (non-hydrogen) atoms. The summed E-state index contributed by atoms with van der Waals surface area (Å²) in [4.78, 5) is 13.2. The molecule has 2 nitrogen and oxygen atoms in total. The number of benzene rings is 1. The molecule has 0 aliphatic carbocycles. The summed E-state index contributed by atoms with van der Waals surface area (Å²) in [5, 5.41) is 0. The average molecular weight is 219 g/mol. The summed E-state index contributed by atoms with van der Waals surface area (Å²) < 4.78 is 0. The van der Waals surface area contributed by atoms with Crippen LogP contribution in [0.2, 0.25) is 0 Å². The number of rotatable bonds is 6. The summed E-state index contributed by atoms with van der Waals surface area (Å²) >= 11 is 0. The first-order valence-electron chi connectivity index (χ1n) is 5.88. The monoisotopic (exact) mass is 219 g/mol. The van der Waals surface area contributed by atoms with E-state index in [9.17, 15) is 4.79 Å². The van der Waals surface area contributed by atoms with Gasteiger partial charge in [-0.2, -0.15) is 0 Å². The van der Waals surface area contributed by atoms with Gasteiger partial charge < -0.3 is 4.79 Å². The van der Waals surface area contributed by atoms with Crippen LogP contribution >= 0.6 is 0 Å². The highest BCUT2D eigenvalue weighted by Gasteiger charge is 2.19. The Morgan fingerprint density at radius 2 is 1.94 bits per heavy atom. The van der Waals surface area contributed by atoms with Gasteiger partial charge in [0, 0.05) is 6.54 Å². The lowest BCUT2D eigenvalue weighted by atomic mass is 9.99. The number of nitrogens with zero attached hydrogens (tertiary/aromatic N) is 1. The van der Waals surface area contributed by atoms with E-state index < -0.39 is 0 Å². The van der Waals surface area contributed by atoms with Crippen LogP contribution in [0.4, 0.5) is 0 Å². The van der Waals surface area contributed by atoms with Crippen LogP contribution in [0.1, 0.15) is 25.8 Å². The van der Waals surface area contributed by atoms with Gasteiger partial charge in [0.05, 0.1) is 6.04 Å². The molecule has 2 heteroatoms. The molecule has 0 aliphatic heterocycles. The first-order valence-corrected chi connectivity index (χ1v) is 5.88. The number of aldehydes is 1. The van der Waals surface area contributed by atoms with Crippen LogP contribution in [0.15, 0.2) is 30.3 Å². The van der Waals surface area contributed by atoms with Crippen molar-refractivity contribution in [1.82, 2.24) is 4.90 Å². The minimum atomic E-state index is 0.0187. The highest BCUT2D eigenvalue weighted by atomic mass is 16.1. The van der Waals surface area contributed by atoms with E-state index in [-0.39, 0.29) is 6.04 Å². The number of hydrogen-bond donors (Lipinski definition) is 0. The van der Waals surface area contributed by atoms with Gasteiger partial charge in [-0.1, -0.05) is 50.6 Å². The first kappa shape index (κ1) is 12.9. The molecule has 0 aromatic heterocycles. The van der Waals surface area contributed by atoms with Crippen molar-refractivity contribution in [2.45, 2.75) is 32.9 Å². The maximum Gasteiger partial charge on any atom is 0.137 e. The normalized spacial score (nSPS) is 14.8. The number of hydrogen-bond acceptors (Lipinski definition) is 2. The third kappa shape index (κ3) is 3.46. The zero-order valence-electron chi connectivity index (χ0n) is 10.4. The van der Waals surface area contributed by atoms with Crippen molar-refractivity contribution in [2.24, 2.45) is 5.92 Å². The van der Waals surface area contributed by atoms with E-state index in [1.165, 1.54) is 5.56 Å². The summed E-state index contributed by atoms with van der Waals surface area (Å²) in [6, 6.07) is 10.3. The Morgan fingerprint density at radius 3 is 2.44 bits per heavy atom. The molecule has 0 saturated carbocycles. The molecule has 88 valence electrons. The summed E-state index contributed by atoms with van der Waals surface area (Å²) in [5.74, 6) is 0.409. The van der Waals surface area contributed by atoms with E-state index in [0.29, 0.717) is 5.92 Å². The van der Waals surface area contributed by atoms with Gasteiger partial charge in [0.15, 0.2) is 0 Å². The second-order valence-electron chi connectivity index (χ2n) is 4.41. The zero-order chi connectivity index (χ0) is 12.0. The fourth-order valence-corrected chi connectivity index (χ4v) is 1.89.